The van der Waals surface area contributed by atoms with Crippen molar-refractivity contribution in [3.05, 3.63) is 58.6 Å². The molecule has 7 nitrogen and oxygen atoms in total. The van der Waals surface area contributed by atoms with Gasteiger partial charge in [0.15, 0.2) is 11.5 Å². The summed E-state index contributed by atoms with van der Waals surface area (Å²) in [6.45, 7) is 6.39. The third-order valence-electron chi connectivity index (χ3n) is 4.69. The highest BCUT2D eigenvalue weighted by Crippen LogP contribution is 2.27. The van der Waals surface area contributed by atoms with Gasteiger partial charge in [0.1, 0.15) is 6.04 Å². The lowest BCUT2D eigenvalue weighted by Gasteiger charge is -2.20. The van der Waals surface area contributed by atoms with Crippen LogP contribution >= 0.6 is 11.6 Å². The van der Waals surface area contributed by atoms with E-state index in [0.29, 0.717) is 28.7 Å². The van der Waals surface area contributed by atoms with Crippen LogP contribution in [0, 0.1) is 5.92 Å². The highest BCUT2D eigenvalue weighted by Gasteiger charge is 2.25. The Bertz CT molecular complexity index is 947. The molecular formula is C24H30ClN3O4. The van der Waals surface area contributed by atoms with Gasteiger partial charge in [-0.3, -0.25) is 9.59 Å². The molecule has 0 aliphatic carbocycles. The average molecular weight is 460 g/mol. The van der Waals surface area contributed by atoms with E-state index in [4.69, 9.17) is 21.1 Å². The summed E-state index contributed by atoms with van der Waals surface area (Å²) in [5.74, 6) is 0.240. The monoisotopic (exact) mass is 459 g/mol. The Morgan fingerprint density at radius 1 is 1.16 bits per heavy atom. The molecule has 0 fully saturated rings. The third kappa shape index (κ3) is 7.27. The average Bonchev–Trinajstić information content (AvgIpc) is 2.78. The zero-order valence-electron chi connectivity index (χ0n) is 18.9. The molecule has 0 aliphatic heterocycles. The predicted octanol–water partition coefficient (Wildman–Crippen LogP) is 4.43. The van der Waals surface area contributed by atoms with Gasteiger partial charge in [-0.2, -0.15) is 5.10 Å². The Hall–Kier alpha value is -3.06. The Morgan fingerprint density at radius 2 is 1.91 bits per heavy atom. The van der Waals surface area contributed by atoms with Crippen molar-refractivity contribution in [3.63, 3.8) is 0 Å². The molecule has 0 saturated carbocycles. The maximum atomic E-state index is 12.6. The maximum absolute atomic E-state index is 12.6. The molecule has 0 bridgehead atoms. The number of ether oxygens (including phenoxy) is 2. The fraction of sp³-hybridized carbons (Fsp3) is 0.375. The van der Waals surface area contributed by atoms with Crippen LogP contribution < -0.4 is 20.2 Å². The lowest BCUT2D eigenvalue weighted by Crippen LogP contribution is -2.48. The second kappa shape index (κ2) is 12.7. The number of hydrazone groups is 1. The molecule has 0 aliphatic rings. The minimum atomic E-state index is -0.778. The molecule has 2 N–H and O–H groups in total. The summed E-state index contributed by atoms with van der Waals surface area (Å²) in [4.78, 5) is 25.2. The van der Waals surface area contributed by atoms with E-state index in [-0.39, 0.29) is 5.92 Å². The Labute approximate surface area is 194 Å². The fourth-order valence-electron chi connectivity index (χ4n) is 2.85. The van der Waals surface area contributed by atoms with Gasteiger partial charge in [0.25, 0.3) is 11.8 Å². The Balaban J connectivity index is 2.02. The summed E-state index contributed by atoms with van der Waals surface area (Å²) in [6, 6.07) is 11.3. The maximum Gasteiger partial charge on any atom is 0.262 e. The quantitative estimate of drug-likeness (QED) is 0.295. The molecule has 172 valence electrons. The van der Waals surface area contributed by atoms with Gasteiger partial charge in [-0.25, -0.2) is 5.43 Å². The molecule has 0 heterocycles. The Morgan fingerprint density at radius 3 is 2.56 bits per heavy atom. The van der Waals surface area contributed by atoms with Crippen molar-refractivity contribution in [1.29, 1.82) is 0 Å². The molecular weight excluding hydrogens is 430 g/mol. The number of hydrogen-bond donors (Lipinski definition) is 2. The van der Waals surface area contributed by atoms with Gasteiger partial charge in [-0.05, 0) is 48.2 Å². The number of rotatable bonds is 11. The van der Waals surface area contributed by atoms with E-state index in [9.17, 15) is 9.59 Å². The summed E-state index contributed by atoms with van der Waals surface area (Å²) < 4.78 is 11.1. The number of nitrogens with zero attached hydrogens (tertiary/aromatic N) is 1. The topological polar surface area (TPSA) is 89.0 Å². The van der Waals surface area contributed by atoms with Crippen molar-refractivity contribution in [2.24, 2.45) is 11.0 Å². The van der Waals surface area contributed by atoms with E-state index in [2.05, 4.69) is 22.8 Å². The number of halogens is 1. The van der Waals surface area contributed by atoms with Gasteiger partial charge in [0.05, 0.1) is 30.5 Å². The van der Waals surface area contributed by atoms with E-state index < -0.39 is 17.9 Å². The first-order valence-corrected chi connectivity index (χ1v) is 10.9. The van der Waals surface area contributed by atoms with E-state index in [1.54, 1.807) is 43.5 Å². The van der Waals surface area contributed by atoms with Crippen molar-refractivity contribution in [2.75, 3.05) is 13.7 Å². The van der Waals surface area contributed by atoms with Crippen LogP contribution in [0.25, 0.3) is 0 Å². The fourth-order valence-corrected chi connectivity index (χ4v) is 3.07. The highest BCUT2D eigenvalue weighted by atomic mass is 35.5. The zero-order chi connectivity index (χ0) is 23.5. The number of hydrogen-bond acceptors (Lipinski definition) is 5. The molecule has 1 unspecified atom stereocenters. The van der Waals surface area contributed by atoms with Gasteiger partial charge < -0.3 is 14.8 Å². The second-order valence-electron chi connectivity index (χ2n) is 7.52. The van der Waals surface area contributed by atoms with Gasteiger partial charge in [0.2, 0.25) is 0 Å². The molecule has 32 heavy (non-hydrogen) atoms. The smallest absolute Gasteiger partial charge is 0.262 e. The minimum Gasteiger partial charge on any atom is -0.493 e. The van der Waals surface area contributed by atoms with Crippen LogP contribution in [-0.4, -0.2) is 37.8 Å². The summed E-state index contributed by atoms with van der Waals surface area (Å²) >= 11 is 6.08. The van der Waals surface area contributed by atoms with Crippen LogP contribution in [0.1, 0.15) is 49.5 Å². The van der Waals surface area contributed by atoms with Gasteiger partial charge >= 0.3 is 0 Å². The minimum absolute atomic E-state index is 0.156. The lowest BCUT2D eigenvalue weighted by molar-refractivity contribution is -0.123. The molecule has 2 aromatic rings. The number of nitrogens with one attached hydrogen (secondary N) is 2. The number of carbonyl (C=O) groups is 2. The van der Waals surface area contributed by atoms with E-state index in [1.807, 2.05) is 19.9 Å². The molecule has 0 aromatic heterocycles. The van der Waals surface area contributed by atoms with Crippen LogP contribution in [0.3, 0.4) is 0 Å². The molecule has 8 heteroatoms. The van der Waals surface area contributed by atoms with Gasteiger partial charge in [-0.1, -0.05) is 50.9 Å². The second-order valence-corrected chi connectivity index (χ2v) is 7.93. The lowest BCUT2D eigenvalue weighted by atomic mass is 10.0. The third-order valence-corrected chi connectivity index (χ3v) is 5.02. The van der Waals surface area contributed by atoms with Crippen LogP contribution in [0.4, 0.5) is 0 Å². The molecule has 2 amide bonds. The number of methoxy groups -OCH3 is 1. The van der Waals surface area contributed by atoms with E-state index in [1.165, 1.54) is 6.21 Å². The van der Waals surface area contributed by atoms with Crippen molar-refractivity contribution in [2.45, 2.75) is 39.7 Å². The summed E-state index contributed by atoms with van der Waals surface area (Å²) in [7, 11) is 1.57. The van der Waals surface area contributed by atoms with E-state index >= 15 is 0 Å². The van der Waals surface area contributed by atoms with Crippen LogP contribution in [0.2, 0.25) is 5.02 Å². The largest absolute Gasteiger partial charge is 0.493 e. The van der Waals surface area contributed by atoms with Crippen molar-refractivity contribution in [3.8, 4) is 11.5 Å². The zero-order valence-corrected chi connectivity index (χ0v) is 19.6. The highest BCUT2D eigenvalue weighted by molar-refractivity contribution is 6.33. The van der Waals surface area contributed by atoms with Gasteiger partial charge in [-0.15, -0.1) is 0 Å². The summed E-state index contributed by atoms with van der Waals surface area (Å²) in [6.07, 6.45) is 3.51. The first kappa shape index (κ1) is 25.2. The first-order chi connectivity index (χ1) is 15.4. The van der Waals surface area contributed by atoms with Gasteiger partial charge in [0, 0.05) is 0 Å². The molecule has 0 spiro atoms. The van der Waals surface area contributed by atoms with E-state index in [0.717, 1.165) is 18.4 Å². The number of carbonyl (C=O) groups excluding carboxylic acids is 2. The standard InChI is InChI=1S/C24H30ClN3O4/c1-5-6-13-32-20-12-11-17(14-21(20)31-4)15-26-28-24(30)22(16(2)3)27-23(29)18-9-7-8-10-19(18)25/h7-12,14-16,22H,5-6,13H2,1-4H3,(H,27,29)(H,28,30)/b26-15-. The molecule has 0 saturated heterocycles. The van der Waals surface area contributed by atoms with Crippen molar-refractivity contribution in [1.82, 2.24) is 10.7 Å². The van der Waals surface area contributed by atoms with Crippen LogP contribution in [0.15, 0.2) is 47.6 Å². The predicted molar refractivity (Wildman–Crippen MR) is 127 cm³/mol. The Kier molecular flexibility index (Phi) is 10.0. The SMILES string of the molecule is CCCCOc1ccc(/C=N\NC(=O)C(NC(=O)c2ccccc2Cl)C(C)C)cc1OC. The molecule has 1 atom stereocenters. The number of unbranched alkanes of at least 4 members (excludes halogenated alkanes) is 1. The van der Waals surface area contributed by atoms with Crippen molar-refractivity contribution < 1.29 is 19.1 Å². The molecule has 2 aromatic carbocycles. The number of benzene rings is 2. The summed E-state index contributed by atoms with van der Waals surface area (Å²) in [5.41, 5.74) is 3.53. The van der Waals surface area contributed by atoms with Crippen LogP contribution in [-0.2, 0) is 4.79 Å². The van der Waals surface area contributed by atoms with Crippen LogP contribution in [0.5, 0.6) is 11.5 Å². The van der Waals surface area contributed by atoms with Crippen molar-refractivity contribution >= 4 is 29.6 Å². The molecule has 2 rings (SSSR count). The summed E-state index contributed by atoms with van der Waals surface area (Å²) in [5, 5.41) is 7.07. The molecule has 0 radical (unpaired) electrons. The first-order valence-electron chi connectivity index (χ1n) is 10.6. The normalized spacial score (nSPS) is 11.9. The number of amides is 2.